The number of hydrogen-bond donors (Lipinski definition) is 1. The number of ketones is 2. The third-order valence-corrected chi connectivity index (χ3v) is 7.02. The molecule has 7 heteroatoms. The van der Waals surface area contributed by atoms with Crippen molar-refractivity contribution in [1.29, 1.82) is 0 Å². The molecule has 0 saturated carbocycles. The van der Waals surface area contributed by atoms with Crippen LogP contribution in [-0.2, 0) is 10.0 Å². The zero-order chi connectivity index (χ0) is 20.8. The number of fused-ring (bicyclic) bond motifs is 2. The number of hydrogen-bond acceptors (Lipinski definition) is 4. The Morgan fingerprint density at radius 1 is 0.793 bits per heavy atom. The number of nitrogens with one attached hydrogen (secondary N) is 1. The molecule has 1 unspecified atom stereocenters. The van der Waals surface area contributed by atoms with Gasteiger partial charge in [-0.1, -0.05) is 64.5 Å². The molecule has 4 rings (SSSR count). The van der Waals surface area contributed by atoms with Crippen LogP contribution in [0.15, 0.2) is 76.1 Å². The van der Waals surface area contributed by atoms with Gasteiger partial charge in [-0.25, -0.2) is 13.1 Å². The number of carbonyl (C=O) groups is 2. The van der Waals surface area contributed by atoms with Crippen LogP contribution in [0.1, 0.15) is 50.4 Å². The van der Waals surface area contributed by atoms with Crippen molar-refractivity contribution < 1.29 is 18.0 Å². The van der Waals surface area contributed by atoms with E-state index in [1.165, 1.54) is 18.2 Å². The van der Waals surface area contributed by atoms with Crippen LogP contribution in [0.4, 0.5) is 0 Å². The highest BCUT2D eigenvalue weighted by molar-refractivity contribution is 9.10. The van der Waals surface area contributed by atoms with Gasteiger partial charge < -0.3 is 0 Å². The second-order valence-electron chi connectivity index (χ2n) is 6.78. The predicted molar refractivity (Wildman–Crippen MR) is 113 cm³/mol. The van der Waals surface area contributed by atoms with Gasteiger partial charge in [-0.2, -0.15) is 0 Å². The molecular weight excluding hydrogens is 454 g/mol. The number of halogens is 1. The van der Waals surface area contributed by atoms with E-state index in [-0.39, 0.29) is 32.9 Å². The van der Waals surface area contributed by atoms with Crippen molar-refractivity contribution in [3.05, 3.63) is 99.0 Å². The van der Waals surface area contributed by atoms with Gasteiger partial charge in [0.15, 0.2) is 11.6 Å². The summed E-state index contributed by atoms with van der Waals surface area (Å²) in [7, 11) is -4.05. The Bertz CT molecular complexity index is 1250. The van der Waals surface area contributed by atoms with E-state index in [1.54, 1.807) is 31.2 Å². The number of carbonyl (C=O) groups excluding carboxylic acids is 2. The van der Waals surface area contributed by atoms with Crippen LogP contribution in [0.2, 0.25) is 0 Å². The van der Waals surface area contributed by atoms with Gasteiger partial charge in [0.2, 0.25) is 10.0 Å². The molecule has 0 bridgehead atoms. The first kappa shape index (κ1) is 19.7. The molecule has 3 aromatic carbocycles. The molecule has 1 aliphatic rings. The summed E-state index contributed by atoms with van der Waals surface area (Å²) in [4.78, 5) is 25.7. The number of benzene rings is 3. The van der Waals surface area contributed by atoms with Crippen LogP contribution in [0.25, 0.3) is 0 Å². The van der Waals surface area contributed by atoms with E-state index < -0.39 is 21.8 Å². The predicted octanol–water partition coefficient (Wildman–Crippen LogP) is 4.26. The minimum absolute atomic E-state index is 0.0771. The molecule has 0 fully saturated rings. The Balaban J connectivity index is 1.77. The zero-order valence-corrected chi connectivity index (χ0v) is 17.7. The van der Waals surface area contributed by atoms with Crippen molar-refractivity contribution >= 4 is 37.5 Å². The second-order valence-corrected chi connectivity index (χ2v) is 9.38. The lowest BCUT2D eigenvalue weighted by atomic mass is 9.84. The molecule has 0 spiro atoms. The third-order valence-electron chi connectivity index (χ3n) is 4.91. The Hall–Kier alpha value is -2.61. The molecule has 0 radical (unpaired) electrons. The summed E-state index contributed by atoms with van der Waals surface area (Å²) in [6.07, 6.45) is 0. The van der Waals surface area contributed by atoms with E-state index in [2.05, 4.69) is 20.7 Å². The molecule has 0 heterocycles. The highest BCUT2D eigenvalue weighted by Gasteiger charge is 2.35. The highest BCUT2D eigenvalue weighted by Crippen LogP contribution is 2.32. The van der Waals surface area contributed by atoms with E-state index in [0.717, 1.165) is 10.0 Å². The largest absolute Gasteiger partial charge is 0.289 e. The molecule has 0 aliphatic heterocycles. The van der Waals surface area contributed by atoms with E-state index in [1.807, 2.05) is 24.3 Å². The monoisotopic (exact) mass is 469 g/mol. The summed E-state index contributed by atoms with van der Waals surface area (Å²) >= 11 is 3.35. The summed E-state index contributed by atoms with van der Waals surface area (Å²) in [5, 5.41) is 0. The molecule has 0 saturated heterocycles. The summed E-state index contributed by atoms with van der Waals surface area (Å²) in [6, 6.07) is 17.5. The van der Waals surface area contributed by atoms with Crippen LogP contribution in [0, 0.1) is 0 Å². The highest BCUT2D eigenvalue weighted by atomic mass is 79.9. The quantitative estimate of drug-likeness (QED) is 0.483. The van der Waals surface area contributed by atoms with Crippen LogP contribution in [0.3, 0.4) is 0 Å². The molecule has 29 heavy (non-hydrogen) atoms. The van der Waals surface area contributed by atoms with Gasteiger partial charge in [0.1, 0.15) is 0 Å². The van der Waals surface area contributed by atoms with Gasteiger partial charge in [0.05, 0.1) is 10.5 Å². The van der Waals surface area contributed by atoms with E-state index in [4.69, 9.17) is 0 Å². The molecular formula is C22H16BrNO4S. The maximum absolute atomic E-state index is 13.1. The minimum atomic E-state index is -4.05. The number of sulfonamides is 1. The zero-order valence-electron chi connectivity index (χ0n) is 15.3. The summed E-state index contributed by atoms with van der Waals surface area (Å²) in [6.45, 7) is 1.72. The normalized spacial score (nSPS) is 14.3. The van der Waals surface area contributed by atoms with Crippen LogP contribution < -0.4 is 4.72 Å². The SMILES string of the molecule is CC(NS(=O)(=O)c1cccc2c1C(=O)c1ccccc1C2=O)c1ccc(Br)cc1. The second kappa shape index (κ2) is 7.33. The van der Waals surface area contributed by atoms with Gasteiger partial charge in [-0.3, -0.25) is 9.59 Å². The van der Waals surface area contributed by atoms with Crippen molar-refractivity contribution in [1.82, 2.24) is 4.72 Å². The van der Waals surface area contributed by atoms with Crippen molar-refractivity contribution in [2.45, 2.75) is 17.9 Å². The van der Waals surface area contributed by atoms with Gasteiger partial charge >= 0.3 is 0 Å². The van der Waals surface area contributed by atoms with Gasteiger partial charge in [0, 0.05) is 27.2 Å². The molecule has 146 valence electrons. The lowest BCUT2D eigenvalue weighted by Gasteiger charge is -2.21. The average Bonchev–Trinajstić information content (AvgIpc) is 2.71. The van der Waals surface area contributed by atoms with Crippen LogP contribution >= 0.6 is 15.9 Å². The first-order chi connectivity index (χ1) is 13.8. The molecule has 1 atom stereocenters. The van der Waals surface area contributed by atoms with E-state index in [9.17, 15) is 18.0 Å². The van der Waals surface area contributed by atoms with Gasteiger partial charge in [-0.05, 0) is 30.7 Å². The minimum Gasteiger partial charge on any atom is -0.289 e. The van der Waals surface area contributed by atoms with Gasteiger partial charge in [0.25, 0.3) is 0 Å². The summed E-state index contributed by atoms with van der Waals surface area (Å²) in [5.74, 6) is -0.819. The van der Waals surface area contributed by atoms with E-state index in [0.29, 0.717) is 0 Å². The van der Waals surface area contributed by atoms with Crippen molar-refractivity contribution in [2.24, 2.45) is 0 Å². The maximum atomic E-state index is 13.1. The Kier molecular flexibility index (Phi) is 4.98. The lowest BCUT2D eigenvalue weighted by Crippen LogP contribution is -2.30. The topological polar surface area (TPSA) is 80.3 Å². The molecule has 3 aromatic rings. The van der Waals surface area contributed by atoms with Crippen LogP contribution in [-0.4, -0.2) is 20.0 Å². The van der Waals surface area contributed by atoms with Crippen molar-refractivity contribution in [3.8, 4) is 0 Å². The molecule has 0 amide bonds. The maximum Gasteiger partial charge on any atom is 0.241 e. The first-order valence-corrected chi connectivity index (χ1v) is 11.2. The molecule has 0 aromatic heterocycles. The average molecular weight is 470 g/mol. The van der Waals surface area contributed by atoms with Crippen molar-refractivity contribution in [3.63, 3.8) is 0 Å². The molecule has 1 N–H and O–H groups in total. The fraction of sp³-hybridized carbons (Fsp3) is 0.0909. The third kappa shape index (κ3) is 3.46. The van der Waals surface area contributed by atoms with Gasteiger partial charge in [-0.15, -0.1) is 0 Å². The Morgan fingerprint density at radius 3 is 2.03 bits per heavy atom. The fourth-order valence-electron chi connectivity index (χ4n) is 3.45. The number of rotatable bonds is 4. The van der Waals surface area contributed by atoms with Crippen LogP contribution in [0.5, 0.6) is 0 Å². The summed E-state index contributed by atoms with van der Waals surface area (Å²) in [5.41, 5.74) is 1.30. The lowest BCUT2D eigenvalue weighted by molar-refractivity contribution is 0.0976. The van der Waals surface area contributed by atoms with E-state index >= 15 is 0 Å². The smallest absolute Gasteiger partial charge is 0.241 e. The fourth-order valence-corrected chi connectivity index (χ4v) is 5.18. The molecule has 1 aliphatic carbocycles. The van der Waals surface area contributed by atoms with Crippen molar-refractivity contribution in [2.75, 3.05) is 0 Å². The summed E-state index contributed by atoms with van der Waals surface area (Å²) < 4.78 is 29.8. The Labute approximate surface area is 177 Å². The molecule has 5 nitrogen and oxygen atoms in total. The first-order valence-electron chi connectivity index (χ1n) is 8.89. The standard InChI is InChI=1S/C22H16BrNO4S/c1-13(14-9-11-15(23)12-10-14)24-29(27,28)19-8-4-7-18-20(19)22(26)17-6-3-2-5-16(17)21(18)25/h2-13,24H,1H3. The Morgan fingerprint density at radius 2 is 1.38 bits per heavy atom.